The lowest BCUT2D eigenvalue weighted by molar-refractivity contribution is -0.122. The van der Waals surface area contributed by atoms with Crippen LogP contribution in [0.3, 0.4) is 0 Å². The number of alkyl halides is 1. The lowest BCUT2D eigenvalue weighted by Crippen LogP contribution is -2.44. The Labute approximate surface area is 115 Å². The predicted octanol–water partition coefficient (Wildman–Crippen LogP) is 4.42. The SMILES string of the molecule is CCCCCCCCCC(=O)NC(C)(C)CBr. The lowest BCUT2D eigenvalue weighted by atomic mass is 10.1. The molecule has 2 nitrogen and oxygen atoms in total. The summed E-state index contributed by atoms with van der Waals surface area (Å²) >= 11 is 3.40. The van der Waals surface area contributed by atoms with Gasteiger partial charge in [0.25, 0.3) is 0 Å². The van der Waals surface area contributed by atoms with Crippen molar-refractivity contribution in [3.05, 3.63) is 0 Å². The highest BCUT2D eigenvalue weighted by atomic mass is 79.9. The topological polar surface area (TPSA) is 29.1 Å². The molecular weight excluding hydrogens is 278 g/mol. The molecule has 1 amide bonds. The fourth-order valence-corrected chi connectivity index (χ4v) is 1.86. The average Bonchev–Trinajstić information content (AvgIpc) is 2.27. The second-order valence-electron chi connectivity index (χ2n) is 5.44. The largest absolute Gasteiger partial charge is 0.350 e. The summed E-state index contributed by atoms with van der Waals surface area (Å²) in [6, 6.07) is 0. The number of carbonyl (C=O) groups excluding carboxylic acids is 1. The van der Waals surface area contributed by atoms with Crippen LogP contribution in [0, 0.1) is 0 Å². The van der Waals surface area contributed by atoms with Crippen molar-refractivity contribution in [1.29, 1.82) is 0 Å². The molecule has 0 aliphatic heterocycles. The third-order valence-electron chi connectivity index (χ3n) is 2.82. The van der Waals surface area contributed by atoms with Gasteiger partial charge in [0.1, 0.15) is 0 Å². The first-order valence-corrected chi connectivity index (χ1v) is 8.01. The summed E-state index contributed by atoms with van der Waals surface area (Å²) < 4.78 is 0. The van der Waals surface area contributed by atoms with Crippen molar-refractivity contribution < 1.29 is 4.79 Å². The first kappa shape index (κ1) is 16.9. The standard InChI is InChI=1S/C14H28BrNO/c1-4-5-6-7-8-9-10-11-13(17)16-14(2,3)12-15/h4-12H2,1-3H3,(H,16,17). The van der Waals surface area contributed by atoms with Crippen LogP contribution in [-0.4, -0.2) is 16.8 Å². The zero-order valence-corrected chi connectivity index (χ0v) is 13.2. The van der Waals surface area contributed by atoms with E-state index >= 15 is 0 Å². The van der Waals surface area contributed by atoms with Crippen molar-refractivity contribution >= 4 is 21.8 Å². The Hall–Kier alpha value is -0.0500. The van der Waals surface area contributed by atoms with Crippen molar-refractivity contribution in [2.45, 2.75) is 77.7 Å². The molecule has 0 rings (SSSR count). The third kappa shape index (κ3) is 10.8. The van der Waals surface area contributed by atoms with Crippen LogP contribution in [0.25, 0.3) is 0 Å². The van der Waals surface area contributed by atoms with Gasteiger partial charge in [-0.25, -0.2) is 0 Å². The fraction of sp³-hybridized carbons (Fsp3) is 0.929. The third-order valence-corrected chi connectivity index (χ3v) is 4.22. The summed E-state index contributed by atoms with van der Waals surface area (Å²) in [5.74, 6) is 0.183. The molecule has 17 heavy (non-hydrogen) atoms. The van der Waals surface area contributed by atoms with Crippen LogP contribution < -0.4 is 5.32 Å². The maximum Gasteiger partial charge on any atom is 0.220 e. The number of halogens is 1. The van der Waals surface area contributed by atoms with Crippen LogP contribution in [0.1, 0.15) is 72.1 Å². The molecule has 0 aromatic heterocycles. The van der Waals surface area contributed by atoms with Gasteiger partial charge in [0, 0.05) is 17.3 Å². The summed E-state index contributed by atoms with van der Waals surface area (Å²) in [5.41, 5.74) is -0.127. The predicted molar refractivity (Wildman–Crippen MR) is 78.6 cm³/mol. The smallest absolute Gasteiger partial charge is 0.220 e. The Balaban J connectivity index is 3.40. The molecular formula is C14H28BrNO. The molecule has 0 radical (unpaired) electrons. The van der Waals surface area contributed by atoms with Gasteiger partial charge in [-0.15, -0.1) is 0 Å². The van der Waals surface area contributed by atoms with Gasteiger partial charge in [0.15, 0.2) is 0 Å². The molecule has 3 heteroatoms. The summed E-state index contributed by atoms with van der Waals surface area (Å²) in [6.45, 7) is 6.30. The Morgan fingerprint density at radius 1 is 1.06 bits per heavy atom. The van der Waals surface area contributed by atoms with E-state index in [1.165, 1.54) is 38.5 Å². The highest BCUT2D eigenvalue weighted by Crippen LogP contribution is 2.10. The average molecular weight is 306 g/mol. The van der Waals surface area contributed by atoms with E-state index in [0.717, 1.165) is 11.8 Å². The molecule has 0 aliphatic rings. The number of unbranched alkanes of at least 4 members (excludes halogenated alkanes) is 6. The lowest BCUT2D eigenvalue weighted by Gasteiger charge is -2.23. The molecule has 0 aromatic rings. The maximum atomic E-state index is 11.6. The Morgan fingerprint density at radius 2 is 1.59 bits per heavy atom. The molecule has 0 saturated carbocycles. The minimum atomic E-state index is -0.127. The van der Waals surface area contributed by atoms with E-state index in [4.69, 9.17) is 0 Å². The highest BCUT2D eigenvalue weighted by molar-refractivity contribution is 9.09. The van der Waals surface area contributed by atoms with Gasteiger partial charge in [-0.3, -0.25) is 4.79 Å². The highest BCUT2D eigenvalue weighted by Gasteiger charge is 2.17. The van der Waals surface area contributed by atoms with Crippen LogP contribution in [0.5, 0.6) is 0 Å². The monoisotopic (exact) mass is 305 g/mol. The molecule has 102 valence electrons. The molecule has 0 fully saturated rings. The van der Waals surface area contributed by atoms with Crippen molar-refractivity contribution in [2.24, 2.45) is 0 Å². The van der Waals surface area contributed by atoms with Gasteiger partial charge in [-0.2, -0.15) is 0 Å². The van der Waals surface area contributed by atoms with Crippen LogP contribution in [0.4, 0.5) is 0 Å². The molecule has 0 aliphatic carbocycles. The Kier molecular flexibility index (Phi) is 9.90. The van der Waals surface area contributed by atoms with Crippen molar-refractivity contribution in [3.8, 4) is 0 Å². The Bertz CT molecular complexity index is 204. The van der Waals surface area contributed by atoms with Gasteiger partial charge in [-0.1, -0.05) is 61.4 Å². The van der Waals surface area contributed by atoms with Crippen LogP contribution >= 0.6 is 15.9 Å². The minimum Gasteiger partial charge on any atom is -0.350 e. The van der Waals surface area contributed by atoms with Crippen molar-refractivity contribution in [2.75, 3.05) is 5.33 Å². The molecule has 0 saturated heterocycles. The normalized spacial score (nSPS) is 11.5. The molecule has 0 aromatic carbocycles. The van der Waals surface area contributed by atoms with Crippen molar-refractivity contribution in [3.63, 3.8) is 0 Å². The van der Waals surface area contributed by atoms with E-state index in [1.54, 1.807) is 0 Å². The maximum absolute atomic E-state index is 11.6. The zero-order chi connectivity index (χ0) is 13.1. The number of amides is 1. The first-order chi connectivity index (χ1) is 8.02. The quantitative estimate of drug-likeness (QED) is 0.470. The second-order valence-corrected chi connectivity index (χ2v) is 6.00. The number of hydrogen-bond acceptors (Lipinski definition) is 1. The van der Waals surface area contributed by atoms with Gasteiger partial charge in [-0.05, 0) is 20.3 Å². The summed E-state index contributed by atoms with van der Waals surface area (Å²) in [7, 11) is 0. The van der Waals surface area contributed by atoms with E-state index in [1.807, 2.05) is 13.8 Å². The van der Waals surface area contributed by atoms with E-state index < -0.39 is 0 Å². The zero-order valence-electron chi connectivity index (χ0n) is 11.7. The fourth-order valence-electron chi connectivity index (χ4n) is 1.72. The number of rotatable bonds is 10. The molecule has 0 atom stereocenters. The molecule has 0 heterocycles. The molecule has 0 unspecified atom stereocenters. The van der Waals surface area contributed by atoms with E-state index in [2.05, 4.69) is 28.2 Å². The number of nitrogens with one attached hydrogen (secondary N) is 1. The number of hydrogen-bond donors (Lipinski definition) is 1. The van der Waals surface area contributed by atoms with Gasteiger partial charge in [0.2, 0.25) is 5.91 Å². The van der Waals surface area contributed by atoms with E-state index in [0.29, 0.717) is 6.42 Å². The van der Waals surface area contributed by atoms with Gasteiger partial charge in [0.05, 0.1) is 0 Å². The van der Waals surface area contributed by atoms with E-state index in [9.17, 15) is 4.79 Å². The van der Waals surface area contributed by atoms with Gasteiger partial charge < -0.3 is 5.32 Å². The Morgan fingerprint density at radius 3 is 2.12 bits per heavy atom. The first-order valence-electron chi connectivity index (χ1n) is 6.89. The summed E-state index contributed by atoms with van der Waals surface area (Å²) in [4.78, 5) is 11.6. The van der Waals surface area contributed by atoms with Gasteiger partial charge >= 0.3 is 0 Å². The minimum absolute atomic E-state index is 0.127. The van der Waals surface area contributed by atoms with E-state index in [-0.39, 0.29) is 11.4 Å². The van der Waals surface area contributed by atoms with Crippen LogP contribution in [0.15, 0.2) is 0 Å². The van der Waals surface area contributed by atoms with Crippen molar-refractivity contribution in [1.82, 2.24) is 5.32 Å². The van der Waals surface area contributed by atoms with Crippen LogP contribution in [0.2, 0.25) is 0 Å². The van der Waals surface area contributed by atoms with Crippen LogP contribution in [-0.2, 0) is 4.79 Å². The molecule has 1 N–H and O–H groups in total. The number of carbonyl (C=O) groups is 1. The summed E-state index contributed by atoms with van der Waals surface area (Å²) in [6.07, 6.45) is 9.47. The molecule has 0 bridgehead atoms. The second kappa shape index (κ2) is 9.93. The molecule has 0 spiro atoms. The summed E-state index contributed by atoms with van der Waals surface area (Å²) in [5, 5.41) is 3.83.